The number of amidine groups is 1. The minimum atomic E-state index is -5.46. The number of carbonyl (C=O) groups excluding carboxylic acids is 1. The molecule has 34 heavy (non-hydrogen) atoms. The highest BCUT2D eigenvalue weighted by Crippen LogP contribution is 2.33. The van der Waals surface area contributed by atoms with Gasteiger partial charge in [0.15, 0.2) is 0 Å². The SMILES string of the molecule is C[C@H](NC1CCC(N/C=C(/C(N)=O)C(N)=Nc2ccc(S(=O)(=O)C(F)(F)F)cc2)CC1)C1CC1. The molecule has 1 amide bonds. The number of alkyl halides is 3. The fourth-order valence-electron chi connectivity index (χ4n) is 4.04. The summed E-state index contributed by atoms with van der Waals surface area (Å²) >= 11 is 0. The van der Waals surface area contributed by atoms with Gasteiger partial charge < -0.3 is 22.1 Å². The number of carbonyl (C=O) groups is 1. The molecule has 2 aliphatic rings. The van der Waals surface area contributed by atoms with Gasteiger partial charge in [0.05, 0.1) is 16.2 Å². The summed E-state index contributed by atoms with van der Waals surface area (Å²) in [4.78, 5) is 15.0. The van der Waals surface area contributed by atoms with Crippen molar-refractivity contribution in [2.75, 3.05) is 0 Å². The van der Waals surface area contributed by atoms with Crippen molar-refractivity contribution in [1.29, 1.82) is 0 Å². The largest absolute Gasteiger partial charge is 0.501 e. The second kappa shape index (κ2) is 10.3. The lowest BCUT2D eigenvalue weighted by Crippen LogP contribution is -2.43. The first-order valence-electron chi connectivity index (χ1n) is 11.2. The molecule has 1 aromatic rings. The highest BCUT2D eigenvalue weighted by Gasteiger charge is 2.46. The Hall–Kier alpha value is -2.60. The van der Waals surface area contributed by atoms with Gasteiger partial charge in [0.25, 0.3) is 15.7 Å². The van der Waals surface area contributed by atoms with Gasteiger partial charge in [-0.15, -0.1) is 0 Å². The highest BCUT2D eigenvalue weighted by atomic mass is 32.2. The van der Waals surface area contributed by atoms with E-state index in [-0.39, 0.29) is 23.1 Å². The molecule has 8 nitrogen and oxygen atoms in total. The molecule has 12 heteroatoms. The number of nitrogens with two attached hydrogens (primary N) is 2. The molecule has 1 aromatic carbocycles. The fraction of sp³-hybridized carbons (Fsp3) is 0.545. The van der Waals surface area contributed by atoms with Gasteiger partial charge in [0.1, 0.15) is 5.84 Å². The Morgan fingerprint density at radius 2 is 1.62 bits per heavy atom. The van der Waals surface area contributed by atoms with Crippen molar-refractivity contribution in [2.24, 2.45) is 22.4 Å². The van der Waals surface area contributed by atoms with Gasteiger partial charge in [-0.2, -0.15) is 13.2 Å². The van der Waals surface area contributed by atoms with E-state index in [4.69, 9.17) is 11.5 Å². The Kier molecular flexibility index (Phi) is 7.91. The normalized spacial score (nSPS) is 23.4. The molecule has 0 bridgehead atoms. The van der Waals surface area contributed by atoms with Gasteiger partial charge in [-0.3, -0.25) is 4.79 Å². The average molecular weight is 502 g/mol. The summed E-state index contributed by atoms with van der Waals surface area (Å²) in [5.41, 5.74) is 5.92. The van der Waals surface area contributed by atoms with Crippen LogP contribution < -0.4 is 22.1 Å². The van der Waals surface area contributed by atoms with Crippen LogP contribution in [0.3, 0.4) is 0 Å². The molecule has 0 radical (unpaired) electrons. The van der Waals surface area contributed by atoms with E-state index >= 15 is 0 Å². The molecule has 6 N–H and O–H groups in total. The van der Waals surface area contributed by atoms with Crippen LogP contribution in [0.25, 0.3) is 0 Å². The number of hydrogen-bond donors (Lipinski definition) is 4. The van der Waals surface area contributed by atoms with Crippen molar-refractivity contribution in [3.63, 3.8) is 0 Å². The Morgan fingerprint density at radius 1 is 1.06 bits per heavy atom. The number of primary amides is 1. The summed E-state index contributed by atoms with van der Waals surface area (Å²) in [5, 5.41) is 6.86. The van der Waals surface area contributed by atoms with E-state index in [9.17, 15) is 26.4 Å². The maximum absolute atomic E-state index is 12.7. The Balaban J connectivity index is 1.61. The maximum Gasteiger partial charge on any atom is 0.501 e. The van der Waals surface area contributed by atoms with E-state index < -0.39 is 26.1 Å². The van der Waals surface area contributed by atoms with E-state index in [1.165, 1.54) is 19.0 Å². The van der Waals surface area contributed by atoms with Crippen molar-refractivity contribution in [3.05, 3.63) is 36.0 Å². The van der Waals surface area contributed by atoms with Gasteiger partial charge in [-0.25, -0.2) is 13.4 Å². The molecule has 2 aliphatic carbocycles. The van der Waals surface area contributed by atoms with Gasteiger partial charge in [0, 0.05) is 24.3 Å². The van der Waals surface area contributed by atoms with Crippen LogP contribution in [0, 0.1) is 5.92 Å². The Bertz CT molecular complexity index is 1040. The zero-order chi connectivity index (χ0) is 25.1. The third-order valence-electron chi connectivity index (χ3n) is 6.26. The zero-order valence-electron chi connectivity index (χ0n) is 18.8. The summed E-state index contributed by atoms with van der Waals surface area (Å²) in [6, 6.07) is 4.83. The number of aliphatic imine (C=N–C) groups is 1. The molecular weight excluding hydrogens is 471 g/mol. The van der Waals surface area contributed by atoms with Crippen LogP contribution in [-0.4, -0.2) is 43.8 Å². The number of benzene rings is 1. The molecule has 0 unspecified atom stereocenters. The van der Waals surface area contributed by atoms with Crippen LogP contribution in [0.2, 0.25) is 0 Å². The summed E-state index contributed by atoms with van der Waals surface area (Å²) in [5.74, 6) is -0.261. The molecule has 0 saturated heterocycles. The topological polar surface area (TPSA) is 140 Å². The van der Waals surface area contributed by atoms with Gasteiger partial charge in [-0.1, -0.05) is 0 Å². The molecule has 2 saturated carbocycles. The molecule has 0 aromatic heterocycles. The zero-order valence-corrected chi connectivity index (χ0v) is 19.6. The monoisotopic (exact) mass is 501 g/mol. The van der Waals surface area contributed by atoms with Crippen molar-refractivity contribution >= 4 is 27.3 Å². The Labute approximate surface area is 197 Å². The van der Waals surface area contributed by atoms with E-state index in [0.717, 1.165) is 55.9 Å². The first-order valence-corrected chi connectivity index (χ1v) is 12.6. The van der Waals surface area contributed by atoms with Crippen LogP contribution in [0.1, 0.15) is 45.4 Å². The van der Waals surface area contributed by atoms with E-state index in [2.05, 4.69) is 22.5 Å². The number of nitrogens with one attached hydrogen (secondary N) is 2. The van der Waals surface area contributed by atoms with E-state index in [1.807, 2.05) is 0 Å². The molecule has 2 fully saturated rings. The quantitative estimate of drug-likeness (QED) is 0.233. The van der Waals surface area contributed by atoms with Crippen LogP contribution in [0.5, 0.6) is 0 Å². The smallest absolute Gasteiger partial charge is 0.387 e. The minimum absolute atomic E-state index is 0.0714. The second-order valence-corrected chi connectivity index (χ2v) is 10.8. The lowest BCUT2D eigenvalue weighted by molar-refractivity contribution is -0.114. The fourth-order valence-corrected chi connectivity index (χ4v) is 4.80. The average Bonchev–Trinajstić information content (AvgIpc) is 3.60. The lowest BCUT2D eigenvalue weighted by Gasteiger charge is -2.31. The number of sulfone groups is 1. The van der Waals surface area contributed by atoms with Crippen LogP contribution in [0.4, 0.5) is 18.9 Å². The van der Waals surface area contributed by atoms with E-state index in [1.54, 1.807) is 0 Å². The van der Waals surface area contributed by atoms with E-state index in [0.29, 0.717) is 12.1 Å². The van der Waals surface area contributed by atoms with Gasteiger partial charge in [-0.05, 0) is 75.6 Å². The predicted octanol–water partition coefficient (Wildman–Crippen LogP) is 2.63. The Morgan fingerprint density at radius 3 is 2.12 bits per heavy atom. The molecule has 1 atom stereocenters. The molecule has 0 spiro atoms. The second-order valence-electron chi connectivity index (χ2n) is 8.87. The third-order valence-corrected chi connectivity index (χ3v) is 7.76. The summed E-state index contributed by atoms with van der Waals surface area (Å²) < 4.78 is 60.9. The number of hydrogen-bond acceptors (Lipinski definition) is 6. The third kappa shape index (κ3) is 6.50. The summed E-state index contributed by atoms with van der Waals surface area (Å²) in [6.45, 7) is 2.23. The maximum atomic E-state index is 12.7. The molecule has 0 aliphatic heterocycles. The first kappa shape index (κ1) is 26.0. The molecule has 0 heterocycles. The van der Waals surface area contributed by atoms with Crippen LogP contribution in [-0.2, 0) is 14.6 Å². The van der Waals surface area contributed by atoms with Crippen molar-refractivity contribution in [1.82, 2.24) is 10.6 Å². The van der Waals surface area contributed by atoms with Crippen LogP contribution in [0.15, 0.2) is 45.9 Å². The van der Waals surface area contributed by atoms with Crippen LogP contribution >= 0.6 is 0 Å². The van der Waals surface area contributed by atoms with Crippen molar-refractivity contribution < 1.29 is 26.4 Å². The molecule has 3 rings (SSSR count). The van der Waals surface area contributed by atoms with Crippen molar-refractivity contribution in [3.8, 4) is 0 Å². The number of nitrogens with zero attached hydrogens (tertiary/aromatic N) is 1. The standard InChI is InChI=1S/C22H30F3N5O3S/c1-13(14-2-3-14)29-16-6-4-15(5-7-16)28-12-19(21(27)31)20(26)30-17-8-10-18(11-9-17)34(32,33)22(23,24)25/h8-16,28-29H,2-7H2,1H3,(H2,26,30)(H2,27,31)/b19-12+/t13-,15?,16?/m0/s1. The van der Waals surface area contributed by atoms with Crippen molar-refractivity contribution in [2.45, 2.75) is 74.0 Å². The summed E-state index contributed by atoms with van der Waals surface area (Å²) in [6.07, 6.45) is 7.83. The summed E-state index contributed by atoms with van der Waals surface area (Å²) in [7, 11) is -5.46. The van der Waals surface area contributed by atoms with Gasteiger partial charge >= 0.3 is 5.51 Å². The first-order chi connectivity index (χ1) is 15.9. The number of rotatable bonds is 9. The molecular formula is C22H30F3N5O3S. The minimum Gasteiger partial charge on any atom is -0.387 e. The predicted molar refractivity (Wildman–Crippen MR) is 123 cm³/mol. The van der Waals surface area contributed by atoms with Gasteiger partial charge in [0.2, 0.25) is 0 Å². The number of halogens is 3. The number of amides is 1. The lowest BCUT2D eigenvalue weighted by atomic mass is 9.90. The highest BCUT2D eigenvalue weighted by molar-refractivity contribution is 7.92. The molecule has 188 valence electrons.